The minimum Gasteiger partial charge on any atom is -0.454 e. The summed E-state index contributed by atoms with van der Waals surface area (Å²) in [5.74, 6) is -0.287. The van der Waals surface area contributed by atoms with Gasteiger partial charge in [0.2, 0.25) is 0 Å². The van der Waals surface area contributed by atoms with Gasteiger partial charge in [-0.25, -0.2) is 4.79 Å². The van der Waals surface area contributed by atoms with Crippen LogP contribution in [-0.2, 0) is 9.53 Å². The van der Waals surface area contributed by atoms with Crippen LogP contribution in [0.2, 0.25) is 0 Å². The third-order valence-corrected chi connectivity index (χ3v) is 4.96. The van der Waals surface area contributed by atoms with Crippen LogP contribution in [0.25, 0.3) is 0 Å². The number of ether oxygens (including phenoxy) is 1. The van der Waals surface area contributed by atoms with E-state index in [9.17, 15) is 9.90 Å². The molecule has 2 rings (SSSR count). The molecule has 23 heavy (non-hydrogen) atoms. The van der Waals surface area contributed by atoms with Crippen molar-refractivity contribution < 1.29 is 14.6 Å². The van der Waals surface area contributed by atoms with E-state index in [0.29, 0.717) is 0 Å². The van der Waals surface area contributed by atoms with Gasteiger partial charge in [-0.1, -0.05) is 23.3 Å². The van der Waals surface area contributed by atoms with Crippen molar-refractivity contribution in [2.24, 2.45) is 5.92 Å². The molecular weight excluding hydrogens is 288 g/mol. The Morgan fingerprint density at radius 2 is 1.70 bits per heavy atom. The van der Waals surface area contributed by atoms with E-state index in [1.165, 1.54) is 11.1 Å². The molecule has 1 aliphatic heterocycles. The second kappa shape index (κ2) is 7.48. The SMILES string of the molecule is CC1=CCC/C(C)=C/CCC2=C[C@H](OC2=O)C(C(C)(C)O)CC1. The lowest BCUT2D eigenvalue weighted by molar-refractivity contribution is -0.145. The zero-order chi connectivity index (χ0) is 17.0. The first-order chi connectivity index (χ1) is 10.8. The average Bonchev–Trinajstić information content (AvgIpc) is 2.78. The predicted molar refractivity (Wildman–Crippen MR) is 93.0 cm³/mol. The minimum absolute atomic E-state index is 0.0764. The van der Waals surface area contributed by atoms with Crippen LogP contribution in [0, 0.1) is 5.92 Å². The highest BCUT2D eigenvalue weighted by molar-refractivity contribution is 5.90. The van der Waals surface area contributed by atoms with Crippen LogP contribution in [-0.4, -0.2) is 22.8 Å². The van der Waals surface area contributed by atoms with Gasteiger partial charge in [-0.3, -0.25) is 0 Å². The molecule has 0 aromatic rings. The van der Waals surface area contributed by atoms with E-state index >= 15 is 0 Å². The van der Waals surface area contributed by atoms with E-state index in [4.69, 9.17) is 4.74 Å². The standard InChI is InChI=1S/C20H30O3/c1-14-7-5-8-15(2)11-12-17(20(3,4)22)18-13-16(10-6-9-14)19(21)23-18/h8-9,13,17-18,22H,5-7,10-12H2,1-4H3/b14-9+,15-8?/t17?,18-/m0/s1. The molecule has 1 unspecified atom stereocenters. The van der Waals surface area contributed by atoms with Gasteiger partial charge in [0.1, 0.15) is 6.10 Å². The lowest BCUT2D eigenvalue weighted by Gasteiger charge is -2.32. The third kappa shape index (κ3) is 5.07. The molecule has 2 bridgehead atoms. The molecule has 0 radical (unpaired) electrons. The highest BCUT2D eigenvalue weighted by Crippen LogP contribution is 2.34. The van der Waals surface area contributed by atoms with Crippen molar-refractivity contribution in [3.63, 3.8) is 0 Å². The first-order valence-corrected chi connectivity index (χ1v) is 8.72. The molecule has 0 aromatic carbocycles. The number of aliphatic hydroxyl groups is 1. The van der Waals surface area contributed by atoms with Gasteiger partial charge in [0.05, 0.1) is 5.60 Å². The summed E-state index contributed by atoms with van der Waals surface area (Å²) < 4.78 is 5.57. The molecule has 0 spiro atoms. The molecule has 0 saturated heterocycles. The van der Waals surface area contributed by atoms with Crippen LogP contribution in [0.4, 0.5) is 0 Å². The second-order valence-electron chi connectivity index (χ2n) is 7.54. The minimum atomic E-state index is -0.870. The number of hydrogen-bond acceptors (Lipinski definition) is 3. The van der Waals surface area contributed by atoms with Crippen LogP contribution < -0.4 is 0 Å². The van der Waals surface area contributed by atoms with Crippen molar-refractivity contribution in [3.05, 3.63) is 34.9 Å². The first-order valence-electron chi connectivity index (χ1n) is 8.72. The van der Waals surface area contributed by atoms with E-state index in [1.807, 2.05) is 19.9 Å². The van der Waals surface area contributed by atoms with Gasteiger partial charge in [-0.2, -0.15) is 0 Å². The number of esters is 1. The lowest BCUT2D eigenvalue weighted by atomic mass is 9.81. The molecule has 0 amide bonds. The van der Waals surface area contributed by atoms with Crippen LogP contribution in [0.15, 0.2) is 34.9 Å². The molecule has 128 valence electrons. The summed E-state index contributed by atoms with van der Waals surface area (Å²) in [5.41, 5.74) is 2.62. The summed E-state index contributed by atoms with van der Waals surface area (Å²) in [6.07, 6.45) is 11.6. The zero-order valence-electron chi connectivity index (χ0n) is 14.9. The molecule has 3 heteroatoms. The maximum absolute atomic E-state index is 12.1. The van der Waals surface area contributed by atoms with E-state index in [-0.39, 0.29) is 18.0 Å². The summed E-state index contributed by atoms with van der Waals surface area (Å²) in [5, 5.41) is 10.5. The van der Waals surface area contributed by atoms with E-state index in [1.54, 1.807) is 0 Å². The summed E-state index contributed by atoms with van der Waals surface area (Å²) >= 11 is 0. The Morgan fingerprint density at radius 1 is 1.09 bits per heavy atom. The quantitative estimate of drug-likeness (QED) is 0.573. The van der Waals surface area contributed by atoms with Crippen LogP contribution in [0.1, 0.15) is 66.2 Å². The molecule has 3 nitrogen and oxygen atoms in total. The molecule has 1 aliphatic carbocycles. The number of allylic oxidation sites excluding steroid dienone is 4. The van der Waals surface area contributed by atoms with Crippen LogP contribution in [0.5, 0.6) is 0 Å². The van der Waals surface area contributed by atoms with Crippen molar-refractivity contribution in [2.75, 3.05) is 0 Å². The highest BCUT2D eigenvalue weighted by atomic mass is 16.5. The van der Waals surface area contributed by atoms with Crippen molar-refractivity contribution in [3.8, 4) is 0 Å². The average molecular weight is 318 g/mol. The Labute approximate surface area is 140 Å². The summed E-state index contributed by atoms with van der Waals surface area (Å²) in [7, 11) is 0. The second-order valence-corrected chi connectivity index (χ2v) is 7.54. The smallest absolute Gasteiger partial charge is 0.334 e. The van der Waals surface area contributed by atoms with Gasteiger partial charge in [0.25, 0.3) is 0 Å². The number of carbonyl (C=O) groups excluding carboxylic acids is 1. The van der Waals surface area contributed by atoms with Crippen molar-refractivity contribution in [1.82, 2.24) is 0 Å². The summed E-state index contributed by atoms with van der Waals surface area (Å²) in [6, 6.07) is 0. The summed E-state index contributed by atoms with van der Waals surface area (Å²) in [6.45, 7) is 7.93. The lowest BCUT2D eigenvalue weighted by Crippen LogP contribution is -2.39. The van der Waals surface area contributed by atoms with Gasteiger partial charge in [-0.15, -0.1) is 0 Å². The van der Waals surface area contributed by atoms with Gasteiger partial charge in [0, 0.05) is 11.5 Å². The van der Waals surface area contributed by atoms with Gasteiger partial charge >= 0.3 is 5.97 Å². The zero-order valence-corrected chi connectivity index (χ0v) is 14.9. The van der Waals surface area contributed by atoms with Gasteiger partial charge in [-0.05, 0) is 72.3 Å². The largest absolute Gasteiger partial charge is 0.454 e. The fourth-order valence-electron chi connectivity index (χ4n) is 3.41. The fraction of sp³-hybridized carbons (Fsp3) is 0.650. The van der Waals surface area contributed by atoms with E-state index in [2.05, 4.69) is 26.0 Å². The highest BCUT2D eigenvalue weighted by Gasteiger charge is 2.38. The molecular formula is C20H30O3. The topological polar surface area (TPSA) is 46.5 Å². The molecule has 0 aromatic heterocycles. The maximum Gasteiger partial charge on any atom is 0.334 e. The van der Waals surface area contributed by atoms with E-state index in [0.717, 1.165) is 44.1 Å². The molecule has 0 saturated carbocycles. The molecule has 0 fully saturated rings. The predicted octanol–water partition coefficient (Wildman–Crippen LogP) is 4.47. The molecule has 1 heterocycles. The third-order valence-electron chi connectivity index (χ3n) is 4.96. The fourth-order valence-corrected chi connectivity index (χ4v) is 3.41. The van der Waals surface area contributed by atoms with Crippen molar-refractivity contribution >= 4 is 5.97 Å². The normalized spacial score (nSPS) is 29.8. The first kappa shape index (κ1) is 18.0. The number of fused-ring (bicyclic) bond motifs is 1. The van der Waals surface area contributed by atoms with Crippen LogP contribution in [0.3, 0.4) is 0 Å². The Hall–Kier alpha value is -1.35. The van der Waals surface area contributed by atoms with Gasteiger partial charge < -0.3 is 9.84 Å². The number of carbonyl (C=O) groups is 1. The Bertz CT molecular complexity index is 532. The molecule has 2 atom stereocenters. The number of rotatable bonds is 1. The molecule has 1 N–H and O–H groups in total. The monoisotopic (exact) mass is 318 g/mol. The Kier molecular flexibility index (Phi) is 5.85. The van der Waals surface area contributed by atoms with E-state index < -0.39 is 5.60 Å². The number of hydrogen-bond donors (Lipinski definition) is 1. The maximum atomic E-state index is 12.1. The Morgan fingerprint density at radius 3 is 2.35 bits per heavy atom. The summed E-state index contributed by atoms with van der Waals surface area (Å²) in [4.78, 5) is 12.1. The van der Waals surface area contributed by atoms with Crippen LogP contribution >= 0.6 is 0 Å². The van der Waals surface area contributed by atoms with Crippen molar-refractivity contribution in [1.29, 1.82) is 0 Å². The van der Waals surface area contributed by atoms with Crippen molar-refractivity contribution in [2.45, 2.75) is 77.9 Å². The van der Waals surface area contributed by atoms with Gasteiger partial charge in [0.15, 0.2) is 0 Å². The molecule has 2 aliphatic rings. The Balaban J connectivity index is 2.25.